The van der Waals surface area contributed by atoms with Crippen molar-refractivity contribution < 1.29 is 0 Å². The van der Waals surface area contributed by atoms with Gasteiger partial charge in [-0.25, -0.2) is 0 Å². The average molecular weight is 134 g/mol. The molecule has 3 fully saturated rings. The Morgan fingerprint density at radius 1 is 1.20 bits per heavy atom. The van der Waals surface area contributed by atoms with Gasteiger partial charge in [-0.3, -0.25) is 0 Å². The number of rotatable bonds is 0. The molecule has 0 radical (unpaired) electrons. The molecule has 0 aromatic carbocycles. The molecule has 3 aliphatic carbocycles. The fourth-order valence-corrected chi connectivity index (χ4v) is 3.48. The smallest absolute Gasteiger partial charge is 0.0103 e. The van der Waals surface area contributed by atoms with Crippen molar-refractivity contribution in [3.63, 3.8) is 0 Å². The summed E-state index contributed by atoms with van der Waals surface area (Å²) in [6.07, 6.45) is 3.03. The number of hydrogen-bond acceptors (Lipinski definition) is 0. The lowest BCUT2D eigenvalue weighted by molar-refractivity contribution is 0.153. The molecular formula is C10H14. The minimum Gasteiger partial charge on any atom is -0.0992 e. The molecule has 3 saturated carbocycles. The summed E-state index contributed by atoms with van der Waals surface area (Å²) in [7, 11) is 0. The van der Waals surface area contributed by atoms with Crippen LogP contribution in [0.5, 0.6) is 0 Å². The third-order valence-electron chi connectivity index (χ3n) is 4.22. The molecule has 10 heavy (non-hydrogen) atoms. The highest BCUT2D eigenvalue weighted by Gasteiger charge is 2.63. The van der Waals surface area contributed by atoms with Crippen molar-refractivity contribution >= 4 is 0 Å². The largest absolute Gasteiger partial charge is 0.0992 e. The van der Waals surface area contributed by atoms with Crippen molar-refractivity contribution in [2.75, 3.05) is 0 Å². The summed E-state index contributed by atoms with van der Waals surface area (Å²) >= 11 is 0. The number of allylic oxidation sites excluding steroid dienone is 1. The molecule has 0 spiro atoms. The lowest BCUT2D eigenvalue weighted by Gasteiger charge is -2.36. The van der Waals surface area contributed by atoms with Crippen LogP contribution in [0.2, 0.25) is 0 Å². The summed E-state index contributed by atoms with van der Waals surface area (Å²) < 4.78 is 0. The molecule has 54 valence electrons. The Hall–Kier alpha value is -0.260. The average Bonchev–Trinajstić information content (AvgIpc) is 2.33. The van der Waals surface area contributed by atoms with Crippen LogP contribution in [0, 0.1) is 29.6 Å². The first-order chi connectivity index (χ1) is 4.80. The third kappa shape index (κ3) is 0.372. The van der Waals surface area contributed by atoms with Gasteiger partial charge in [0.15, 0.2) is 0 Å². The van der Waals surface area contributed by atoms with Gasteiger partial charge < -0.3 is 0 Å². The predicted octanol–water partition coefficient (Wildman–Crippen LogP) is 2.46. The Labute approximate surface area is 62.3 Å². The van der Waals surface area contributed by atoms with E-state index in [4.69, 9.17) is 0 Å². The topological polar surface area (TPSA) is 0 Å². The summed E-state index contributed by atoms with van der Waals surface area (Å²) in [5.74, 6) is 5.16. The fraction of sp³-hybridized carbons (Fsp3) is 0.800. The van der Waals surface area contributed by atoms with Crippen molar-refractivity contribution in [3.05, 3.63) is 12.2 Å². The van der Waals surface area contributed by atoms with E-state index >= 15 is 0 Å². The number of fused-ring (bicyclic) bond motifs is 3. The Balaban J connectivity index is 1.96. The van der Waals surface area contributed by atoms with Crippen LogP contribution < -0.4 is 0 Å². The summed E-state index contributed by atoms with van der Waals surface area (Å²) in [6, 6.07) is 0. The zero-order chi connectivity index (χ0) is 6.88. The summed E-state index contributed by atoms with van der Waals surface area (Å²) in [6.45, 7) is 6.55. The lowest BCUT2D eigenvalue weighted by Crippen LogP contribution is -2.27. The molecule has 0 saturated heterocycles. The highest BCUT2D eigenvalue weighted by atomic mass is 14.7. The van der Waals surface area contributed by atoms with Gasteiger partial charge in [0, 0.05) is 0 Å². The Kier molecular flexibility index (Phi) is 0.725. The van der Waals surface area contributed by atoms with Crippen molar-refractivity contribution in [2.45, 2.75) is 19.8 Å². The van der Waals surface area contributed by atoms with Crippen molar-refractivity contribution in [1.29, 1.82) is 0 Å². The molecule has 0 heteroatoms. The maximum atomic E-state index is 4.12. The predicted molar refractivity (Wildman–Crippen MR) is 41.5 cm³/mol. The SMILES string of the molecule is C=C1C2C3CCC3[C@H](C)C12. The molecule has 0 heterocycles. The van der Waals surface area contributed by atoms with Gasteiger partial charge in [0.25, 0.3) is 0 Å². The van der Waals surface area contributed by atoms with E-state index in [0.717, 1.165) is 29.6 Å². The normalized spacial score (nSPS) is 62.9. The first-order valence-corrected chi connectivity index (χ1v) is 4.49. The maximum Gasteiger partial charge on any atom is -0.0103 e. The van der Waals surface area contributed by atoms with Crippen LogP contribution in [-0.4, -0.2) is 0 Å². The van der Waals surface area contributed by atoms with Gasteiger partial charge in [0.05, 0.1) is 0 Å². The van der Waals surface area contributed by atoms with E-state index in [-0.39, 0.29) is 0 Å². The zero-order valence-corrected chi connectivity index (χ0v) is 6.51. The molecule has 0 amide bonds. The molecular weight excluding hydrogens is 120 g/mol. The monoisotopic (exact) mass is 134 g/mol. The van der Waals surface area contributed by atoms with Gasteiger partial charge in [-0.15, -0.1) is 0 Å². The second-order valence-corrected chi connectivity index (χ2v) is 4.39. The molecule has 0 nitrogen and oxygen atoms in total. The molecule has 4 unspecified atom stereocenters. The number of hydrogen-bond donors (Lipinski definition) is 0. The van der Waals surface area contributed by atoms with Gasteiger partial charge >= 0.3 is 0 Å². The van der Waals surface area contributed by atoms with E-state index in [1.165, 1.54) is 12.8 Å². The maximum absolute atomic E-state index is 4.12. The second kappa shape index (κ2) is 1.34. The van der Waals surface area contributed by atoms with E-state index in [1.807, 2.05) is 0 Å². The Bertz CT molecular complexity index is 190. The van der Waals surface area contributed by atoms with E-state index in [9.17, 15) is 0 Å². The molecule has 0 N–H and O–H groups in total. The summed E-state index contributed by atoms with van der Waals surface area (Å²) in [4.78, 5) is 0. The summed E-state index contributed by atoms with van der Waals surface area (Å²) in [5.41, 5.74) is 1.59. The highest BCUT2D eigenvalue weighted by Crippen LogP contribution is 2.70. The minimum absolute atomic E-state index is 0.970. The van der Waals surface area contributed by atoms with Crippen molar-refractivity contribution in [2.24, 2.45) is 29.6 Å². The van der Waals surface area contributed by atoms with Gasteiger partial charge in [-0.2, -0.15) is 0 Å². The molecule has 0 aromatic heterocycles. The fourth-order valence-electron chi connectivity index (χ4n) is 3.48. The van der Waals surface area contributed by atoms with Crippen LogP contribution in [0.25, 0.3) is 0 Å². The van der Waals surface area contributed by atoms with Crippen molar-refractivity contribution in [1.82, 2.24) is 0 Å². The molecule has 5 atom stereocenters. The zero-order valence-electron chi connectivity index (χ0n) is 6.51. The second-order valence-electron chi connectivity index (χ2n) is 4.39. The van der Waals surface area contributed by atoms with E-state index in [0.29, 0.717) is 0 Å². The van der Waals surface area contributed by atoms with Gasteiger partial charge in [0.1, 0.15) is 0 Å². The first kappa shape index (κ1) is 5.40. The Morgan fingerprint density at radius 2 is 1.90 bits per heavy atom. The van der Waals surface area contributed by atoms with Crippen LogP contribution in [0.4, 0.5) is 0 Å². The third-order valence-corrected chi connectivity index (χ3v) is 4.22. The van der Waals surface area contributed by atoms with E-state index in [2.05, 4.69) is 13.5 Å². The molecule has 0 aromatic rings. The Morgan fingerprint density at radius 3 is 2.30 bits per heavy atom. The molecule has 3 aliphatic rings. The minimum atomic E-state index is 0.970. The molecule has 0 bridgehead atoms. The molecule has 3 rings (SSSR count). The van der Waals surface area contributed by atoms with E-state index < -0.39 is 0 Å². The lowest BCUT2D eigenvalue weighted by atomic mass is 9.69. The van der Waals surface area contributed by atoms with Gasteiger partial charge in [0.2, 0.25) is 0 Å². The van der Waals surface area contributed by atoms with Crippen LogP contribution >= 0.6 is 0 Å². The quantitative estimate of drug-likeness (QED) is 0.446. The standard InChI is InChI=1S/C10H14/c1-5-7-3-4-8(7)10-6(2)9(5)10/h5,7-10H,2-4H2,1H3/t5-,7?,8?,9?,10?/m0/s1. The van der Waals surface area contributed by atoms with Crippen LogP contribution in [-0.2, 0) is 0 Å². The van der Waals surface area contributed by atoms with E-state index in [1.54, 1.807) is 5.57 Å². The summed E-state index contributed by atoms with van der Waals surface area (Å²) in [5, 5.41) is 0. The van der Waals surface area contributed by atoms with Crippen molar-refractivity contribution in [3.8, 4) is 0 Å². The molecule has 0 aliphatic heterocycles. The van der Waals surface area contributed by atoms with Crippen LogP contribution in [0.3, 0.4) is 0 Å². The highest BCUT2D eigenvalue weighted by molar-refractivity contribution is 5.34. The van der Waals surface area contributed by atoms with Crippen LogP contribution in [0.1, 0.15) is 19.8 Å². The van der Waals surface area contributed by atoms with Gasteiger partial charge in [-0.05, 0) is 42.4 Å². The van der Waals surface area contributed by atoms with Gasteiger partial charge in [-0.1, -0.05) is 19.1 Å². The first-order valence-electron chi connectivity index (χ1n) is 4.49. The van der Waals surface area contributed by atoms with Crippen LogP contribution in [0.15, 0.2) is 12.2 Å².